The van der Waals surface area contributed by atoms with E-state index in [0.29, 0.717) is 17.9 Å². The van der Waals surface area contributed by atoms with Gasteiger partial charge in [0.15, 0.2) is 0 Å². The standard InChI is InChI=1S/C48H49N5O9S/c54-43-27-49-44(55)41(31-63-32-42(47(58)61-29-36-17-9-3-10-18-36)52-45(56)39(50-43)25-33-13-5-1-6-14-33)51-46(57)40(53-48(59)62-30-37-19-11-4-12-20-37)26-34-21-23-38(24-22-34)60-28-35-15-7-2-8-16-35/h1-24,39-42H,25-32H2,(H,49,55)(H,50,54)(H,51,57)(H,52,56)(H,53,59)/t39-,40-,41+,42-/m0/s1. The summed E-state index contributed by atoms with van der Waals surface area (Å²) < 4.78 is 17.0. The molecule has 0 unspecified atom stereocenters. The molecule has 1 saturated heterocycles. The molecule has 5 aromatic carbocycles. The van der Waals surface area contributed by atoms with Crippen molar-refractivity contribution >= 4 is 47.5 Å². The van der Waals surface area contributed by atoms with Crippen molar-refractivity contribution in [1.82, 2.24) is 26.6 Å². The Labute approximate surface area is 369 Å². The molecule has 63 heavy (non-hydrogen) atoms. The maximum atomic E-state index is 14.1. The Kier molecular flexibility index (Phi) is 17.1. The van der Waals surface area contributed by atoms with Gasteiger partial charge in [0.25, 0.3) is 0 Å². The second-order valence-electron chi connectivity index (χ2n) is 14.7. The molecule has 1 fully saturated rings. The normalized spacial score (nSPS) is 17.4. The van der Waals surface area contributed by atoms with E-state index in [0.717, 1.165) is 34.0 Å². The lowest BCUT2D eigenvalue weighted by Gasteiger charge is -2.24. The lowest BCUT2D eigenvalue weighted by molar-refractivity contribution is -0.148. The highest BCUT2D eigenvalue weighted by Crippen LogP contribution is 2.17. The van der Waals surface area contributed by atoms with Gasteiger partial charge in [0.2, 0.25) is 23.6 Å². The van der Waals surface area contributed by atoms with Crippen LogP contribution in [-0.2, 0) is 66.1 Å². The maximum absolute atomic E-state index is 14.1. The lowest BCUT2D eigenvalue weighted by atomic mass is 10.0. The molecule has 0 radical (unpaired) electrons. The highest BCUT2D eigenvalue weighted by Gasteiger charge is 2.32. The number of amides is 5. The molecule has 0 aromatic heterocycles. The maximum Gasteiger partial charge on any atom is 0.408 e. The third-order valence-electron chi connectivity index (χ3n) is 9.82. The molecule has 0 aliphatic carbocycles. The summed E-state index contributed by atoms with van der Waals surface area (Å²) >= 11 is 1.11. The van der Waals surface area contributed by atoms with Crippen LogP contribution in [0.1, 0.15) is 27.8 Å². The van der Waals surface area contributed by atoms with E-state index in [-0.39, 0.29) is 37.6 Å². The van der Waals surface area contributed by atoms with E-state index in [9.17, 15) is 28.8 Å². The van der Waals surface area contributed by atoms with Crippen LogP contribution in [0.25, 0.3) is 0 Å². The van der Waals surface area contributed by atoms with Gasteiger partial charge in [-0.05, 0) is 39.9 Å². The number of nitrogens with one attached hydrogen (secondary N) is 5. The molecule has 15 heteroatoms. The largest absolute Gasteiger partial charge is 0.489 e. The molecule has 0 bridgehead atoms. The van der Waals surface area contributed by atoms with Crippen LogP contribution in [0.4, 0.5) is 4.79 Å². The van der Waals surface area contributed by atoms with Gasteiger partial charge in [-0.1, -0.05) is 133 Å². The van der Waals surface area contributed by atoms with Crippen molar-refractivity contribution in [2.45, 2.75) is 56.8 Å². The van der Waals surface area contributed by atoms with Gasteiger partial charge in [-0.3, -0.25) is 19.2 Å². The summed E-state index contributed by atoms with van der Waals surface area (Å²) in [6.07, 6.45) is -0.737. The quantitative estimate of drug-likeness (QED) is 0.0944. The first-order chi connectivity index (χ1) is 30.7. The molecular weight excluding hydrogens is 823 g/mol. The average molecular weight is 872 g/mol. The predicted molar refractivity (Wildman–Crippen MR) is 237 cm³/mol. The molecule has 1 aliphatic heterocycles. The summed E-state index contributed by atoms with van der Waals surface area (Å²) in [7, 11) is 0. The number of hydrogen-bond acceptors (Lipinski definition) is 10. The topological polar surface area (TPSA) is 190 Å². The van der Waals surface area contributed by atoms with Gasteiger partial charge in [0.1, 0.15) is 49.7 Å². The van der Waals surface area contributed by atoms with E-state index < -0.39 is 66.4 Å². The van der Waals surface area contributed by atoms with E-state index in [1.807, 2.05) is 72.8 Å². The minimum absolute atomic E-state index is 0.0132. The highest BCUT2D eigenvalue weighted by molar-refractivity contribution is 7.99. The first kappa shape index (κ1) is 45.4. The molecule has 5 aromatic rings. The highest BCUT2D eigenvalue weighted by atomic mass is 32.2. The first-order valence-electron chi connectivity index (χ1n) is 20.4. The average Bonchev–Trinajstić information content (AvgIpc) is 3.32. The zero-order valence-corrected chi connectivity index (χ0v) is 35.2. The van der Waals surface area contributed by atoms with Crippen LogP contribution >= 0.6 is 11.8 Å². The lowest BCUT2D eigenvalue weighted by Crippen LogP contribution is -2.56. The molecule has 6 rings (SSSR count). The smallest absolute Gasteiger partial charge is 0.408 e. The summed E-state index contributed by atoms with van der Waals surface area (Å²) in [6.45, 7) is -0.244. The third-order valence-corrected chi connectivity index (χ3v) is 11.0. The molecule has 326 valence electrons. The zero-order chi connectivity index (χ0) is 44.2. The number of alkyl carbamates (subject to hydrolysis) is 1. The third kappa shape index (κ3) is 15.1. The van der Waals surface area contributed by atoms with Crippen LogP contribution < -0.4 is 31.3 Å². The van der Waals surface area contributed by atoms with Gasteiger partial charge >= 0.3 is 12.1 Å². The predicted octanol–water partition coefficient (Wildman–Crippen LogP) is 4.41. The monoisotopic (exact) mass is 871 g/mol. The van der Waals surface area contributed by atoms with Crippen molar-refractivity contribution in [1.29, 1.82) is 0 Å². The molecule has 0 spiro atoms. The van der Waals surface area contributed by atoms with Gasteiger partial charge in [-0.15, -0.1) is 0 Å². The molecule has 1 aliphatic rings. The Morgan fingerprint density at radius 1 is 0.619 bits per heavy atom. The van der Waals surface area contributed by atoms with Crippen molar-refractivity contribution in [2.24, 2.45) is 0 Å². The van der Waals surface area contributed by atoms with E-state index >= 15 is 0 Å². The van der Waals surface area contributed by atoms with Crippen LogP contribution in [0, 0.1) is 0 Å². The molecule has 14 nitrogen and oxygen atoms in total. The Morgan fingerprint density at radius 2 is 1.17 bits per heavy atom. The van der Waals surface area contributed by atoms with Crippen molar-refractivity contribution in [3.63, 3.8) is 0 Å². The molecule has 4 atom stereocenters. The molecule has 5 N–H and O–H groups in total. The fourth-order valence-electron chi connectivity index (χ4n) is 6.44. The van der Waals surface area contributed by atoms with Crippen LogP contribution in [0.3, 0.4) is 0 Å². The van der Waals surface area contributed by atoms with Crippen LogP contribution in [0.5, 0.6) is 5.75 Å². The number of carbonyl (C=O) groups is 6. The minimum atomic E-state index is -1.24. The van der Waals surface area contributed by atoms with Crippen molar-refractivity contribution in [3.8, 4) is 5.75 Å². The van der Waals surface area contributed by atoms with Crippen LogP contribution in [0.2, 0.25) is 0 Å². The number of carbonyl (C=O) groups excluding carboxylic acids is 6. The minimum Gasteiger partial charge on any atom is -0.489 e. The number of benzene rings is 5. The number of ether oxygens (including phenoxy) is 3. The second kappa shape index (κ2) is 23.8. The first-order valence-corrected chi connectivity index (χ1v) is 21.6. The molecule has 1 heterocycles. The fourth-order valence-corrected chi connectivity index (χ4v) is 7.50. The van der Waals surface area contributed by atoms with Gasteiger partial charge in [0, 0.05) is 24.3 Å². The summed E-state index contributed by atoms with van der Waals surface area (Å²) in [4.78, 5) is 81.6. The number of rotatable bonds is 15. The van der Waals surface area contributed by atoms with Gasteiger partial charge < -0.3 is 40.8 Å². The van der Waals surface area contributed by atoms with Crippen LogP contribution in [-0.4, -0.2) is 77.9 Å². The van der Waals surface area contributed by atoms with E-state index in [1.54, 1.807) is 72.8 Å². The Morgan fingerprint density at radius 3 is 1.78 bits per heavy atom. The molecule has 0 saturated carbocycles. The van der Waals surface area contributed by atoms with Crippen LogP contribution in [0.15, 0.2) is 146 Å². The van der Waals surface area contributed by atoms with E-state index in [4.69, 9.17) is 14.2 Å². The van der Waals surface area contributed by atoms with Crippen molar-refractivity contribution < 1.29 is 43.0 Å². The Bertz CT molecular complexity index is 2270. The van der Waals surface area contributed by atoms with Crippen molar-refractivity contribution in [2.75, 3.05) is 18.1 Å². The van der Waals surface area contributed by atoms with Gasteiger partial charge in [-0.2, -0.15) is 11.8 Å². The Balaban J connectivity index is 1.17. The van der Waals surface area contributed by atoms with E-state index in [2.05, 4.69) is 26.6 Å². The zero-order valence-electron chi connectivity index (χ0n) is 34.4. The van der Waals surface area contributed by atoms with E-state index in [1.165, 1.54) is 0 Å². The summed E-state index contributed by atoms with van der Waals surface area (Å²) in [5, 5.41) is 13.4. The Hall–Kier alpha value is -7.13. The molecular formula is C48H49N5O9S. The fraction of sp³-hybridized carbons (Fsp3) is 0.250. The summed E-state index contributed by atoms with van der Waals surface area (Å²) in [5.41, 5.74) is 3.91. The summed E-state index contributed by atoms with van der Waals surface area (Å²) in [5.74, 6) is -2.94. The van der Waals surface area contributed by atoms with Crippen molar-refractivity contribution in [3.05, 3.63) is 173 Å². The number of thioether (sulfide) groups is 1. The SMILES string of the molecule is O=C1CNC(=O)[C@H](NC(=O)[C@H](Cc2ccc(OCc3ccccc3)cc2)NC(=O)OCc2ccccc2)CSC[C@@H](C(=O)OCc2ccccc2)NC(=O)[C@H](Cc2ccccc2)N1. The van der Waals surface area contributed by atoms with Gasteiger partial charge in [0.05, 0.1) is 6.54 Å². The summed E-state index contributed by atoms with van der Waals surface area (Å²) in [6, 6.07) is 39.1. The second-order valence-corrected chi connectivity index (χ2v) is 15.7. The van der Waals surface area contributed by atoms with Gasteiger partial charge in [-0.25, -0.2) is 9.59 Å². The molecule has 5 amide bonds. The number of hydrogen-bond donors (Lipinski definition) is 5. The number of esters is 1.